The molecule has 5 nitrogen and oxygen atoms in total. The number of rotatable bonds is 4. The summed E-state index contributed by atoms with van der Waals surface area (Å²) in [5.74, 6) is 0. The highest BCUT2D eigenvalue weighted by Crippen LogP contribution is 2.24. The van der Waals surface area contributed by atoms with Crippen LogP contribution in [0.4, 0.5) is 11.4 Å². The summed E-state index contributed by atoms with van der Waals surface area (Å²) in [5.41, 5.74) is 9.78. The number of hydrogen-bond donors (Lipinski definition) is 2. The van der Waals surface area contributed by atoms with Gasteiger partial charge in [0.05, 0.1) is 34.0 Å². The van der Waals surface area contributed by atoms with E-state index in [1.807, 2.05) is 6.92 Å². The van der Waals surface area contributed by atoms with Crippen LogP contribution in [0.3, 0.4) is 0 Å². The van der Waals surface area contributed by atoms with Crippen LogP contribution in [0.5, 0.6) is 0 Å². The molecule has 0 saturated carbocycles. The molecule has 7 heteroatoms. The number of nitrogens with one attached hydrogen (secondary N) is 1. The molecule has 0 saturated heterocycles. The molecule has 0 atom stereocenters. The largest absolute Gasteiger partial charge is 0.397 e. The summed E-state index contributed by atoms with van der Waals surface area (Å²) < 4.78 is 22.8. The number of thiazole rings is 1. The van der Waals surface area contributed by atoms with Crippen molar-refractivity contribution in [1.29, 1.82) is 0 Å². The van der Waals surface area contributed by atoms with Gasteiger partial charge < -0.3 is 11.1 Å². The normalized spacial score (nSPS) is 11.5. The molecular weight excluding hydrogens is 282 g/mol. The van der Waals surface area contributed by atoms with Gasteiger partial charge in [-0.15, -0.1) is 11.3 Å². The van der Waals surface area contributed by atoms with E-state index in [4.69, 9.17) is 5.73 Å². The van der Waals surface area contributed by atoms with Crippen molar-refractivity contribution in [2.75, 3.05) is 17.3 Å². The van der Waals surface area contributed by atoms with Crippen LogP contribution >= 0.6 is 11.3 Å². The van der Waals surface area contributed by atoms with Gasteiger partial charge in [-0.2, -0.15) is 0 Å². The summed E-state index contributed by atoms with van der Waals surface area (Å²) in [6, 6.07) is 4.70. The van der Waals surface area contributed by atoms with Gasteiger partial charge in [0.1, 0.15) is 0 Å². The van der Waals surface area contributed by atoms with Gasteiger partial charge in [-0.3, -0.25) is 0 Å². The molecule has 1 heterocycles. The number of nitrogens with zero attached hydrogens (tertiary/aromatic N) is 1. The molecule has 0 aliphatic rings. The van der Waals surface area contributed by atoms with E-state index in [1.54, 1.807) is 29.0 Å². The Morgan fingerprint density at radius 1 is 1.42 bits per heavy atom. The van der Waals surface area contributed by atoms with Gasteiger partial charge in [-0.05, 0) is 25.1 Å². The fraction of sp³-hybridized carbons (Fsp3) is 0.250. The van der Waals surface area contributed by atoms with Crippen molar-refractivity contribution in [2.45, 2.75) is 18.4 Å². The lowest BCUT2D eigenvalue weighted by Gasteiger charge is -2.10. The summed E-state index contributed by atoms with van der Waals surface area (Å²) in [6.07, 6.45) is 1.16. The third kappa shape index (κ3) is 3.24. The third-order valence-corrected chi connectivity index (χ3v) is 4.78. The molecule has 0 radical (unpaired) electrons. The first-order valence-electron chi connectivity index (χ1n) is 5.60. The minimum absolute atomic E-state index is 0.226. The summed E-state index contributed by atoms with van der Waals surface area (Å²) in [5, 5.41) is 3.19. The Morgan fingerprint density at radius 2 is 2.16 bits per heavy atom. The monoisotopic (exact) mass is 297 g/mol. The Balaban J connectivity index is 2.16. The fourth-order valence-electron chi connectivity index (χ4n) is 1.60. The number of nitrogen functional groups attached to an aromatic ring is 1. The maximum Gasteiger partial charge on any atom is 0.175 e. The lowest BCUT2D eigenvalue weighted by atomic mass is 10.2. The molecule has 0 aliphatic heterocycles. The van der Waals surface area contributed by atoms with E-state index < -0.39 is 9.84 Å². The summed E-state index contributed by atoms with van der Waals surface area (Å²) in [7, 11) is -3.22. The molecule has 0 amide bonds. The maximum absolute atomic E-state index is 11.4. The zero-order valence-electron chi connectivity index (χ0n) is 10.7. The standard InChI is InChI=1S/C12H15N3O2S2/c1-8-12(18-7-15-8)6-14-11-4-3-9(5-10(11)13)19(2,16)17/h3-5,7,14H,6,13H2,1-2H3. The van der Waals surface area contributed by atoms with Crippen LogP contribution in [0.25, 0.3) is 0 Å². The van der Waals surface area contributed by atoms with Gasteiger partial charge in [-0.25, -0.2) is 13.4 Å². The Labute approximate surface area is 116 Å². The molecule has 0 bridgehead atoms. The van der Waals surface area contributed by atoms with Crippen LogP contribution in [0, 0.1) is 6.92 Å². The van der Waals surface area contributed by atoms with Crippen molar-refractivity contribution in [3.05, 3.63) is 34.3 Å². The predicted molar refractivity (Wildman–Crippen MR) is 78.1 cm³/mol. The van der Waals surface area contributed by atoms with E-state index in [0.717, 1.165) is 22.5 Å². The van der Waals surface area contributed by atoms with Gasteiger partial charge in [0, 0.05) is 11.1 Å². The molecule has 0 fully saturated rings. The molecule has 2 rings (SSSR count). The summed E-state index contributed by atoms with van der Waals surface area (Å²) >= 11 is 1.57. The van der Waals surface area contributed by atoms with Crippen LogP contribution < -0.4 is 11.1 Å². The van der Waals surface area contributed by atoms with Crippen LogP contribution in [0.1, 0.15) is 10.6 Å². The third-order valence-electron chi connectivity index (χ3n) is 2.74. The van der Waals surface area contributed by atoms with Crippen molar-refractivity contribution in [3.63, 3.8) is 0 Å². The lowest BCUT2D eigenvalue weighted by Crippen LogP contribution is -2.04. The van der Waals surface area contributed by atoms with E-state index in [1.165, 1.54) is 6.07 Å². The van der Waals surface area contributed by atoms with E-state index in [-0.39, 0.29) is 4.90 Å². The van der Waals surface area contributed by atoms with Gasteiger partial charge in [0.25, 0.3) is 0 Å². The maximum atomic E-state index is 11.4. The van der Waals surface area contributed by atoms with Crippen LogP contribution in [-0.4, -0.2) is 19.7 Å². The number of aryl methyl sites for hydroxylation is 1. The van der Waals surface area contributed by atoms with Crippen molar-refractivity contribution in [2.24, 2.45) is 0 Å². The summed E-state index contributed by atoms with van der Waals surface area (Å²) in [6.45, 7) is 2.57. The SMILES string of the molecule is Cc1ncsc1CNc1ccc(S(C)(=O)=O)cc1N. The van der Waals surface area contributed by atoms with E-state index in [9.17, 15) is 8.42 Å². The van der Waals surface area contributed by atoms with Crippen molar-refractivity contribution >= 4 is 32.5 Å². The number of aromatic nitrogens is 1. The molecular formula is C12H15N3O2S2. The predicted octanol–water partition coefficient (Wildman–Crippen LogP) is 2.05. The molecule has 1 aromatic heterocycles. The van der Waals surface area contributed by atoms with E-state index in [0.29, 0.717) is 12.2 Å². The van der Waals surface area contributed by atoms with Crippen molar-refractivity contribution < 1.29 is 8.42 Å². The zero-order valence-corrected chi connectivity index (χ0v) is 12.3. The van der Waals surface area contributed by atoms with E-state index in [2.05, 4.69) is 10.3 Å². The number of hydrogen-bond acceptors (Lipinski definition) is 6. The fourth-order valence-corrected chi connectivity index (χ4v) is 2.98. The second-order valence-electron chi connectivity index (χ2n) is 4.24. The molecule has 3 N–H and O–H groups in total. The van der Waals surface area contributed by atoms with Gasteiger partial charge in [0.15, 0.2) is 9.84 Å². The quantitative estimate of drug-likeness (QED) is 0.844. The lowest BCUT2D eigenvalue weighted by molar-refractivity contribution is 0.602. The van der Waals surface area contributed by atoms with Gasteiger partial charge in [-0.1, -0.05) is 0 Å². The molecule has 0 aliphatic carbocycles. The van der Waals surface area contributed by atoms with Crippen LogP contribution in [0.2, 0.25) is 0 Å². The number of benzene rings is 1. The molecule has 19 heavy (non-hydrogen) atoms. The highest BCUT2D eigenvalue weighted by molar-refractivity contribution is 7.90. The van der Waals surface area contributed by atoms with Crippen molar-refractivity contribution in [3.8, 4) is 0 Å². The average molecular weight is 297 g/mol. The molecule has 0 unspecified atom stereocenters. The molecule has 1 aromatic carbocycles. The highest BCUT2D eigenvalue weighted by atomic mass is 32.2. The van der Waals surface area contributed by atoms with Crippen molar-refractivity contribution in [1.82, 2.24) is 4.98 Å². The average Bonchev–Trinajstić information content (AvgIpc) is 2.72. The smallest absolute Gasteiger partial charge is 0.175 e. The second kappa shape index (κ2) is 5.18. The highest BCUT2D eigenvalue weighted by Gasteiger charge is 2.09. The van der Waals surface area contributed by atoms with Gasteiger partial charge in [0.2, 0.25) is 0 Å². The van der Waals surface area contributed by atoms with Crippen LogP contribution in [0.15, 0.2) is 28.6 Å². The molecule has 2 aromatic rings. The zero-order chi connectivity index (χ0) is 14.0. The minimum Gasteiger partial charge on any atom is -0.397 e. The van der Waals surface area contributed by atoms with E-state index >= 15 is 0 Å². The molecule has 102 valence electrons. The minimum atomic E-state index is -3.22. The Morgan fingerprint density at radius 3 is 2.68 bits per heavy atom. The van der Waals surface area contributed by atoms with Crippen LogP contribution in [-0.2, 0) is 16.4 Å². The first-order chi connectivity index (χ1) is 8.88. The summed E-state index contributed by atoms with van der Waals surface area (Å²) in [4.78, 5) is 5.52. The first kappa shape index (κ1) is 13.8. The first-order valence-corrected chi connectivity index (χ1v) is 8.37. The Hall–Kier alpha value is -1.60. The Bertz CT molecular complexity index is 693. The molecule has 0 spiro atoms. The number of anilines is 2. The topological polar surface area (TPSA) is 85.1 Å². The second-order valence-corrected chi connectivity index (χ2v) is 7.19. The Kier molecular flexibility index (Phi) is 3.77. The van der Waals surface area contributed by atoms with Gasteiger partial charge >= 0.3 is 0 Å². The number of nitrogens with two attached hydrogens (primary N) is 1. The number of sulfone groups is 1.